The van der Waals surface area contributed by atoms with Crippen LogP contribution in [0, 0.1) is 0 Å². The van der Waals surface area contributed by atoms with E-state index < -0.39 is 48.2 Å². The molecule has 2 fully saturated rings. The van der Waals surface area contributed by atoms with Crippen LogP contribution in [0.15, 0.2) is 60.7 Å². The molecule has 0 bridgehead atoms. The van der Waals surface area contributed by atoms with Gasteiger partial charge in [-0.15, -0.1) is 0 Å². The summed E-state index contributed by atoms with van der Waals surface area (Å²) in [5, 5.41) is 22.1. The molecule has 0 saturated carbocycles. The topological polar surface area (TPSA) is 112 Å². The number of aliphatic hydroxyl groups is 2. The van der Waals surface area contributed by atoms with E-state index in [9.17, 15) is 19.8 Å². The fourth-order valence-electron chi connectivity index (χ4n) is 4.03. The number of carbonyl (C=O) groups excluding carboxylic acids is 2. The second kappa shape index (κ2) is 9.52. The second-order valence-electron chi connectivity index (χ2n) is 8.25. The molecule has 2 heterocycles. The van der Waals surface area contributed by atoms with E-state index in [0.717, 1.165) is 11.1 Å². The molecule has 0 aliphatic carbocycles. The fraction of sp³-hybridized carbons (Fsp3) is 0.308. The molecule has 0 amide bonds. The van der Waals surface area contributed by atoms with Crippen LogP contribution in [0.25, 0.3) is 12.2 Å². The molecule has 4 atom stereocenters. The molecule has 0 aromatic heterocycles. The van der Waals surface area contributed by atoms with Gasteiger partial charge in [0.05, 0.1) is 27.4 Å². The number of carbonyl (C=O) groups is 2. The van der Waals surface area contributed by atoms with Gasteiger partial charge in [-0.1, -0.05) is 36.4 Å². The Kier molecular flexibility index (Phi) is 6.67. The Morgan fingerprint density at radius 1 is 0.765 bits per heavy atom. The van der Waals surface area contributed by atoms with Crippen molar-refractivity contribution in [3.63, 3.8) is 0 Å². The minimum absolute atomic E-state index is 0.397. The summed E-state index contributed by atoms with van der Waals surface area (Å²) in [7, 11) is 3.12. The lowest BCUT2D eigenvalue weighted by Gasteiger charge is -2.24. The Hall–Kier alpha value is -3.30. The van der Waals surface area contributed by atoms with Crippen LogP contribution >= 0.6 is 0 Å². The Morgan fingerprint density at radius 2 is 1.12 bits per heavy atom. The minimum Gasteiger partial charge on any atom is -0.497 e. The van der Waals surface area contributed by atoms with Crippen molar-refractivity contribution in [2.75, 3.05) is 27.4 Å². The Balaban J connectivity index is 1.45. The van der Waals surface area contributed by atoms with E-state index in [1.165, 1.54) is 12.2 Å². The molecule has 34 heavy (non-hydrogen) atoms. The maximum absolute atomic E-state index is 12.8. The first-order chi connectivity index (χ1) is 16.3. The number of hydrogen-bond donors (Lipinski definition) is 2. The van der Waals surface area contributed by atoms with E-state index in [2.05, 4.69) is 0 Å². The molecule has 8 nitrogen and oxygen atoms in total. The lowest BCUT2D eigenvalue weighted by Crippen LogP contribution is -2.53. The number of methoxy groups -OCH3 is 2. The van der Waals surface area contributed by atoms with Gasteiger partial charge in [-0.05, 0) is 47.5 Å². The highest BCUT2D eigenvalue weighted by Gasteiger charge is 2.66. The third-order valence-corrected chi connectivity index (χ3v) is 6.12. The van der Waals surface area contributed by atoms with Crippen LogP contribution in [-0.2, 0) is 19.1 Å². The maximum Gasteiger partial charge on any atom is 0.192 e. The normalized spacial score (nSPS) is 28.4. The van der Waals surface area contributed by atoms with Crippen molar-refractivity contribution in [2.24, 2.45) is 0 Å². The van der Waals surface area contributed by atoms with Gasteiger partial charge in [0.1, 0.15) is 23.7 Å². The van der Waals surface area contributed by atoms with E-state index in [1.807, 2.05) is 0 Å². The summed E-state index contributed by atoms with van der Waals surface area (Å²) in [5.41, 5.74) is -2.57. The molecular weight excluding hydrogens is 440 g/mol. The monoisotopic (exact) mass is 466 g/mol. The van der Waals surface area contributed by atoms with Crippen LogP contribution in [0.4, 0.5) is 0 Å². The van der Waals surface area contributed by atoms with E-state index in [4.69, 9.17) is 18.9 Å². The summed E-state index contributed by atoms with van der Waals surface area (Å²) in [4.78, 5) is 25.7. The molecular formula is C26H26O8. The number of ketones is 2. The van der Waals surface area contributed by atoms with Crippen molar-refractivity contribution in [1.29, 1.82) is 0 Å². The van der Waals surface area contributed by atoms with Gasteiger partial charge in [-0.2, -0.15) is 0 Å². The van der Waals surface area contributed by atoms with Crippen LogP contribution in [0.1, 0.15) is 11.1 Å². The molecule has 4 rings (SSSR count). The minimum atomic E-state index is -2.02. The average Bonchev–Trinajstić information content (AvgIpc) is 3.40. The summed E-state index contributed by atoms with van der Waals surface area (Å²) in [6.45, 7) is -0.794. The maximum atomic E-state index is 12.8. The third-order valence-electron chi connectivity index (χ3n) is 6.12. The van der Waals surface area contributed by atoms with Gasteiger partial charge < -0.3 is 29.2 Å². The predicted molar refractivity (Wildman–Crippen MR) is 123 cm³/mol. The molecule has 2 aromatic carbocycles. The van der Waals surface area contributed by atoms with E-state index >= 15 is 0 Å². The first-order valence-electron chi connectivity index (χ1n) is 10.7. The zero-order valence-corrected chi connectivity index (χ0v) is 18.8. The highest BCUT2D eigenvalue weighted by Crippen LogP contribution is 2.41. The summed E-state index contributed by atoms with van der Waals surface area (Å²) in [6, 6.07) is 14.0. The Labute approximate surface area is 197 Å². The molecule has 0 spiro atoms. The van der Waals surface area contributed by atoms with E-state index in [-0.39, 0.29) is 0 Å². The Morgan fingerprint density at radius 3 is 1.44 bits per heavy atom. The quantitative estimate of drug-likeness (QED) is 0.567. The first-order valence-corrected chi connectivity index (χ1v) is 10.7. The summed E-state index contributed by atoms with van der Waals surface area (Å²) in [6.07, 6.45) is 3.22. The van der Waals surface area contributed by atoms with Crippen LogP contribution in [-0.4, -0.2) is 72.6 Å². The number of ether oxygens (including phenoxy) is 4. The molecule has 0 unspecified atom stereocenters. The van der Waals surface area contributed by atoms with Gasteiger partial charge in [0.25, 0.3) is 0 Å². The lowest BCUT2D eigenvalue weighted by atomic mass is 9.85. The lowest BCUT2D eigenvalue weighted by molar-refractivity contribution is -0.147. The van der Waals surface area contributed by atoms with Gasteiger partial charge in [0.15, 0.2) is 22.8 Å². The molecule has 2 aliphatic heterocycles. The van der Waals surface area contributed by atoms with Crippen molar-refractivity contribution in [3.8, 4) is 11.5 Å². The second-order valence-corrected chi connectivity index (χ2v) is 8.25. The fourth-order valence-corrected chi connectivity index (χ4v) is 4.03. The molecule has 2 N–H and O–H groups in total. The standard InChI is InChI=1S/C26H26O8/c1-31-19-9-3-17(4-10-19)7-13-21(27)25(29)15-33-24-23(25)34-16-26(24,30)22(28)14-8-18-5-11-20(32-2)12-6-18/h3-14,23-24,29-30H,15-16H2,1-2H3/b13-7+,14-8+/t23-,24-,25-,26+/m0/s1. The zero-order valence-electron chi connectivity index (χ0n) is 18.8. The van der Waals surface area contributed by atoms with Crippen molar-refractivity contribution >= 4 is 23.7 Å². The number of hydrogen-bond acceptors (Lipinski definition) is 8. The summed E-state index contributed by atoms with van der Waals surface area (Å²) in [5.74, 6) is 0.0829. The zero-order chi connectivity index (χ0) is 24.3. The van der Waals surface area contributed by atoms with Crippen molar-refractivity contribution in [2.45, 2.75) is 23.4 Å². The van der Waals surface area contributed by atoms with Gasteiger partial charge in [-0.3, -0.25) is 9.59 Å². The summed E-state index contributed by atoms with van der Waals surface area (Å²) < 4.78 is 21.3. The Bertz CT molecular complexity index is 1020. The smallest absolute Gasteiger partial charge is 0.192 e. The molecule has 0 radical (unpaired) electrons. The van der Waals surface area contributed by atoms with Crippen LogP contribution in [0.3, 0.4) is 0 Å². The van der Waals surface area contributed by atoms with Crippen LogP contribution in [0.2, 0.25) is 0 Å². The van der Waals surface area contributed by atoms with E-state index in [0.29, 0.717) is 11.5 Å². The molecule has 178 valence electrons. The van der Waals surface area contributed by atoms with Gasteiger partial charge in [0.2, 0.25) is 0 Å². The third kappa shape index (κ3) is 4.41. The highest BCUT2D eigenvalue weighted by molar-refractivity contribution is 6.03. The van der Waals surface area contributed by atoms with Gasteiger partial charge in [-0.25, -0.2) is 0 Å². The van der Waals surface area contributed by atoms with E-state index in [1.54, 1.807) is 74.9 Å². The summed E-state index contributed by atoms with van der Waals surface area (Å²) >= 11 is 0. The SMILES string of the molecule is COc1ccc(/C=C/C(=O)[C@]2(O)CO[C@H]3[C@@H]2OC[C@]3(O)C(=O)/C=C/c2ccc(OC)cc2)cc1. The van der Waals surface area contributed by atoms with Crippen molar-refractivity contribution in [1.82, 2.24) is 0 Å². The highest BCUT2D eigenvalue weighted by atomic mass is 16.6. The molecule has 2 saturated heterocycles. The number of benzene rings is 2. The van der Waals surface area contributed by atoms with Crippen molar-refractivity contribution in [3.05, 3.63) is 71.8 Å². The average molecular weight is 466 g/mol. The van der Waals surface area contributed by atoms with Crippen LogP contribution < -0.4 is 9.47 Å². The molecule has 2 aliphatic rings. The predicted octanol–water partition coefficient (Wildman–Crippen LogP) is 1.83. The number of rotatable bonds is 8. The number of fused-ring (bicyclic) bond motifs is 1. The first kappa shape index (κ1) is 23.8. The van der Waals surface area contributed by atoms with Crippen LogP contribution in [0.5, 0.6) is 11.5 Å². The van der Waals surface area contributed by atoms with Gasteiger partial charge in [0, 0.05) is 0 Å². The molecule has 8 heteroatoms. The molecule has 2 aromatic rings. The van der Waals surface area contributed by atoms with Crippen molar-refractivity contribution < 1.29 is 38.7 Å². The van der Waals surface area contributed by atoms with Gasteiger partial charge >= 0.3 is 0 Å². The largest absolute Gasteiger partial charge is 0.497 e.